The van der Waals surface area contributed by atoms with Gasteiger partial charge < -0.3 is 15.5 Å². The molecule has 0 atom stereocenters. The standard InChI is InChI=1S/C14H16N2O2S/c1-9-3-4-11(15)7-12(9)16-14(17)8-19-13-5-6-18-10(13)2/h3-7H,8,15H2,1-2H3,(H,16,17). The maximum atomic E-state index is 11.9. The van der Waals surface area contributed by atoms with Crippen LogP contribution in [-0.4, -0.2) is 11.7 Å². The number of amides is 1. The van der Waals surface area contributed by atoms with Gasteiger partial charge in [0.05, 0.1) is 12.0 Å². The Bertz CT molecular complexity index is 593. The van der Waals surface area contributed by atoms with Gasteiger partial charge in [0.1, 0.15) is 5.76 Å². The van der Waals surface area contributed by atoms with Crippen molar-refractivity contribution >= 4 is 29.0 Å². The van der Waals surface area contributed by atoms with Crippen LogP contribution in [0, 0.1) is 13.8 Å². The number of rotatable bonds is 4. The molecule has 1 aromatic heterocycles. The van der Waals surface area contributed by atoms with Crippen LogP contribution in [-0.2, 0) is 4.79 Å². The molecule has 2 aromatic rings. The van der Waals surface area contributed by atoms with Crippen LogP contribution in [0.4, 0.5) is 11.4 Å². The Kier molecular flexibility index (Phi) is 4.16. The second-order valence-electron chi connectivity index (χ2n) is 4.25. The van der Waals surface area contributed by atoms with Crippen LogP contribution in [0.25, 0.3) is 0 Å². The normalized spacial score (nSPS) is 10.4. The minimum Gasteiger partial charge on any atom is -0.468 e. The predicted molar refractivity (Wildman–Crippen MR) is 78.4 cm³/mol. The Labute approximate surface area is 116 Å². The number of hydrogen-bond donors (Lipinski definition) is 2. The summed E-state index contributed by atoms with van der Waals surface area (Å²) in [6.45, 7) is 3.81. The van der Waals surface area contributed by atoms with Gasteiger partial charge in [0, 0.05) is 16.3 Å². The Morgan fingerprint density at radius 3 is 2.84 bits per heavy atom. The van der Waals surface area contributed by atoms with Crippen molar-refractivity contribution in [1.29, 1.82) is 0 Å². The molecule has 0 fully saturated rings. The topological polar surface area (TPSA) is 68.3 Å². The first-order valence-corrected chi connectivity index (χ1v) is 6.87. The van der Waals surface area contributed by atoms with E-state index in [0.29, 0.717) is 11.4 Å². The average molecular weight is 276 g/mol. The molecule has 19 heavy (non-hydrogen) atoms. The molecule has 0 unspecified atom stereocenters. The van der Waals surface area contributed by atoms with Crippen molar-refractivity contribution in [2.75, 3.05) is 16.8 Å². The van der Waals surface area contributed by atoms with Crippen LogP contribution in [0.5, 0.6) is 0 Å². The zero-order valence-corrected chi connectivity index (χ0v) is 11.7. The summed E-state index contributed by atoms with van der Waals surface area (Å²) in [6.07, 6.45) is 1.62. The highest BCUT2D eigenvalue weighted by Crippen LogP contribution is 2.24. The van der Waals surface area contributed by atoms with Crippen LogP contribution in [0.2, 0.25) is 0 Å². The van der Waals surface area contributed by atoms with Gasteiger partial charge in [-0.1, -0.05) is 6.07 Å². The van der Waals surface area contributed by atoms with E-state index in [2.05, 4.69) is 5.32 Å². The first kappa shape index (κ1) is 13.5. The molecule has 0 aliphatic heterocycles. The summed E-state index contributed by atoms with van der Waals surface area (Å²) in [6, 6.07) is 7.33. The highest BCUT2D eigenvalue weighted by molar-refractivity contribution is 8.00. The third-order valence-electron chi connectivity index (χ3n) is 2.71. The number of aryl methyl sites for hydroxylation is 2. The Morgan fingerprint density at radius 2 is 2.16 bits per heavy atom. The van der Waals surface area contributed by atoms with Gasteiger partial charge in [-0.3, -0.25) is 4.79 Å². The van der Waals surface area contributed by atoms with Gasteiger partial charge in [0.15, 0.2) is 0 Å². The van der Waals surface area contributed by atoms with Gasteiger partial charge >= 0.3 is 0 Å². The molecule has 4 nitrogen and oxygen atoms in total. The maximum absolute atomic E-state index is 11.9. The zero-order chi connectivity index (χ0) is 13.8. The molecule has 0 spiro atoms. The van der Waals surface area contributed by atoms with E-state index in [9.17, 15) is 4.79 Å². The molecule has 1 aromatic carbocycles. The number of furan rings is 1. The molecular weight excluding hydrogens is 260 g/mol. The molecule has 1 heterocycles. The van der Waals surface area contributed by atoms with E-state index in [1.54, 1.807) is 12.3 Å². The van der Waals surface area contributed by atoms with Crippen LogP contribution < -0.4 is 11.1 Å². The third kappa shape index (κ3) is 3.54. The summed E-state index contributed by atoms with van der Waals surface area (Å²) in [4.78, 5) is 12.9. The lowest BCUT2D eigenvalue weighted by Gasteiger charge is -2.08. The van der Waals surface area contributed by atoms with E-state index in [1.807, 2.05) is 32.0 Å². The number of nitrogens with two attached hydrogens (primary N) is 1. The van der Waals surface area contributed by atoms with Crippen LogP contribution in [0.3, 0.4) is 0 Å². The molecule has 5 heteroatoms. The van der Waals surface area contributed by atoms with E-state index >= 15 is 0 Å². The molecule has 2 rings (SSSR count). The summed E-state index contributed by atoms with van der Waals surface area (Å²) in [5.41, 5.74) is 8.09. The average Bonchev–Trinajstić information content (AvgIpc) is 2.77. The molecule has 0 bridgehead atoms. The molecule has 1 amide bonds. The van der Waals surface area contributed by atoms with E-state index in [4.69, 9.17) is 10.2 Å². The molecule has 0 saturated heterocycles. The highest BCUT2D eigenvalue weighted by atomic mass is 32.2. The smallest absolute Gasteiger partial charge is 0.234 e. The van der Waals surface area contributed by atoms with Crippen LogP contribution >= 0.6 is 11.8 Å². The largest absolute Gasteiger partial charge is 0.468 e. The quantitative estimate of drug-likeness (QED) is 0.664. The first-order chi connectivity index (χ1) is 9.06. The minimum atomic E-state index is -0.0562. The fraction of sp³-hybridized carbons (Fsp3) is 0.214. The van der Waals surface area contributed by atoms with E-state index in [-0.39, 0.29) is 5.91 Å². The van der Waals surface area contributed by atoms with Gasteiger partial charge in [-0.15, -0.1) is 11.8 Å². The second-order valence-corrected chi connectivity index (χ2v) is 5.27. The Balaban J connectivity index is 1.94. The number of thioether (sulfide) groups is 1. The Morgan fingerprint density at radius 1 is 1.37 bits per heavy atom. The maximum Gasteiger partial charge on any atom is 0.234 e. The van der Waals surface area contributed by atoms with Crippen LogP contribution in [0.15, 0.2) is 39.8 Å². The number of carbonyl (C=O) groups is 1. The van der Waals surface area contributed by atoms with Gasteiger partial charge in [-0.2, -0.15) is 0 Å². The molecular formula is C14H16N2O2S. The molecule has 0 saturated carbocycles. The molecule has 3 N–H and O–H groups in total. The number of hydrogen-bond acceptors (Lipinski definition) is 4. The summed E-state index contributed by atoms with van der Waals surface area (Å²) in [7, 11) is 0. The highest BCUT2D eigenvalue weighted by Gasteiger charge is 2.08. The van der Waals surface area contributed by atoms with Crippen molar-refractivity contribution in [3.05, 3.63) is 41.9 Å². The molecule has 100 valence electrons. The summed E-state index contributed by atoms with van der Waals surface area (Å²) in [5, 5.41) is 2.86. The fourth-order valence-electron chi connectivity index (χ4n) is 1.63. The molecule has 0 radical (unpaired) electrons. The number of nitrogen functional groups attached to an aromatic ring is 1. The van der Waals surface area contributed by atoms with Crippen molar-refractivity contribution in [3.8, 4) is 0 Å². The third-order valence-corrected chi connectivity index (χ3v) is 3.85. The van der Waals surface area contributed by atoms with Gasteiger partial charge in [0.25, 0.3) is 0 Å². The van der Waals surface area contributed by atoms with Gasteiger partial charge in [-0.05, 0) is 37.6 Å². The minimum absolute atomic E-state index is 0.0562. The van der Waals surface area contributed by atoms with Crippen molar-refractivity contribution in [2.45, 2.75) is 18.7 Å². The second kappa shape index (κ2) is 5.84. The van der Waals surface area contributed by atoms with Crippen molar-refractivity contribution in [3.63, 3.8) is 0 Å². The van der Waals surface area contributed by atoms with Gasteiger partial charge in [0.2, 0.25) is 5.91 Å². The SMILES string of the molecule is Cc1ccc(N)cc1NC(=O)CSc1ccoc1C. The predicted octanol–water partition coefficient (Wildman–Crippen LogP) is 3.21. The van der Waals surface area contributed by atoms with Crippen molar-refractivity contribution < 1.29 is 9.21 Å². The van der Waals surface area contributed by atoms with Crippen LogP contribution in [0.1, 0.15) is 11.3 Å². The number of nitrogens with one attached hydrogen (secondary N) is 1. The summed E-state index contributed by atoms with van der Waals surface area (Å²) < 4.78 is 5.18. The lowest BCUT2D eigenvalue weighted by Crippen LogP contribution is -2.15. The van der Waals surface area contributed by atoms with E-state index in [1.165, 1.54) is 11.8 Å². The van der Waals surface area contributed by atoms with Gasteiger partial charge in [-0.25, -0.2) is 0 Å². The number of anilines is 2. The Hall–Kier alpha value is -1.88. The zero-order valence-electron chi connectivity index (χ0n) is 10.9. The first-order valence-electron chi connectivity index (χ1n) is 5.89. The molecule has 0 aliphatic carbocycles. The van der Waals surface area contributed by atoms with Crippen molar-refractivity contribution in [2.24, 2.45) is 0 Å². The number of carbonyl (C=O) groups excluding carboxylic acids is 1. The summed E-state index contributed by atoms with van der Waals surface area (Å²) >= 11 is 1.45. The number of benzene rings is 1. The lowest BCUT2D eigenvalue weighted by molar-refractivity contribution is -0.113. The lowest BCUT2D eigenvalue weighted by atomic mass is 10.2. The van der Waals surface area contributed by atoms with E-state index < -0.39 is 0 Å². The fourth-order valence-corrected chi connectivity index (χ4v) is 2.39. The van der Waals surface area contributed by atoms with E-state index in [0.717, 1.165) is 21.9 Å². The molecule has 0 aliphatic rings. The summed E-state index contributed by atoms with van der Waals surface area (Å²) in [5.74, 6) is 1.12. The monoisotopic (exact) mass is 276 g/mol. The van der Waals surface area contributed by atoms with Crippen molar-refractivity contribution in [1.82, 2.24) is 0 Å².